The van der Waals surface area contributed by atoms with Gasteiger partial charge in [-0.3, -0.25) is 14.2 Å². The van der Waals surface area contributed by atoms with Gasteiger partial charge in [-0.1, -0.05) is 23.9 Å². The molecule has 0 bridgehead atoms. The molecule has 0 unspecified atom stereocenters. The Morgan fingerprint density at radius 3 is 2.54 bits per heavy atom. The van der Waals surface area contributed by atoms with Gasteiger partial charge in [-0.2, -0.15) is 0 Å². The van der Waals surface area contributed by atoms with Gasteiger partial charge < -0.3 is 4.74 Å². The Bertz CT molecular complexity index is 996. The SMILES string of the molecule is CCn1c(S[C@H](C)C(=O)c2ccc(OC)cc2)nc2ccccc2c1=O. The molecule has 0 N–H and O–H groups in total. The van der Waals surface area contributed by atoms with E-state index in [0.29, 0.717) is 33.9 Å². The highest BCUT2D eigenvalue weighted by Gasteiger charge is 2.20. The average molecular weight is 368 g/mol. The molecule has 0 fully saturated rings. The number of benzene rings is 2. The summed E-state index contributed by atoms with van der Waals surface area (Å²) >= 11 is 1.31. The van der Waals surface area contributed by atoms with Crippen LogP contribution in [-0.2, 0) is 6.54 Å². The van der Waals surface area contributed by atoms with Crippen LogP contribution in [0.15, 0.2) is 58.5 Å². The van der Waals surface area contributed by atoms with Crippen LogP contribution in [0.4, 0.5) is 0 Å². The maximum atomic E-state index is 12.7. The van der Waals surface area contributed by atoms with Crippen molar-refractivity contribution in [3.8, 4) is 5.75 Å². The minimum absolute atomic E-state index is 0.0114. The molecule has 0 saturated carbocycles. The number of carbonyl (C=O) groups is 1. The van der Waals surface area contributed by atoms with E-state index >= 15 is 0 Å². The summed E-state index contributed by atoms with van der Waals surface area (Å²) in [5.41, 5.74) is 1.18. The molecule has 26 heavy (non-hydrogen) atoms. The van der Waals surface area contributed by atoms with Crippen molar-refractivity contribution in [2.75, 3.05) is 7.11 Å². The molecule has 1 aromatic heterocycles. The third kappa shape index (κ3) is 3.51. The summed E-state index contributed by atoms with van der Waals surface area (Å²) in [6.07, 6.45) is 0. The lowest BCUT2D eigenvalue weighted by atomic mass is 10.1. The number of ketones is 1. The second kappa shape index (κ2) is 7.74. The molecule has 0 saturated heterocycles. The van der Waals surface area contributed by atoms with Gasteiger partial charge in [-0.05, 0) is 50.2 Å². The van der Waals surface area contributed by atoms with Crippen molar-refractivity contribution in [2.24, 2.45) is 0 Å². The lowest BCUT2D eigenvalue weighted by Gasteiger charge is -2.15. The molecule has 0 radical (unpaired) electrons. The van der Waals surface area contributed by atoms with Gasteiger partial charge in [0.2, 0.25) is 0 Å². The molecular formula is C20H20N2O3S. The normalized spacial score (nSPS) is 12.1. The van der Waals surface area contributed by atoms with Crippen LogP contribution in [0.25, 0.3) is 10.9 Å². The molecule has 0 aliphatic heterocycles. The minimum Gasteiger partial charge on any atom is -0.497 e. The van der Waals surface area contributed by atoms with E-state index in [1.807, 2.05) is 32.0 Å². The van der Waals surface area contributed by atoms with Crippen molar-refractivity contribution in [1.29, 1.82) is 0 Å². The van der Waals surface area contributed by atoms with Gasteiger partial charge in [0, 0.05) is 12.1 Å². The fourth-order valence-electron chi connectivity index (χ4n) is 2.72. The molecule has 1 atom stereocenters. The highest BCUT2D eigenvalue weighted by molar-refractivity contribution is 8.00. The number of fused-ring (bicyclic) bond motifs is 1. The van der Waals surface area contributed by atoms with Crippen LogP contribution >= 0.6 is 11.8 Å². The zero-order valence-electron chi connectivity index (χ0n) is 14.9. The molecule has 134 valence electrons. The summed E-state index contributed by atoms with van der Waals surface area (Å²) in [7, 11) is 1.59. The number of para-hydroxylation sites is 1. The Labute approximate surface area is 156 Å². The molecule has 1 heterocycles. The number of rotatable bonds is 6. The maximum absolute atomic E-state index is 12.7. The highest BCUT2D eigenvalue weighted by atomic mass is 32.2. The summed E-state index contributed by atoms with van der Waals surface area (Å²) in [5.74, 6) is 0.695. The maximum Gasteiger partial charge on any atom is 0.262 e. The summed E-state index contributed by atoms with van der Waals surface area (Å²) < 4.78 is 6.74. The molecule has 0 aliphatic rings. The highest BCUT2D eigenvalue weighted by Crippen LogP contribution is 2.25. The zero-order chi connectivity index (χ0) is 18.7. The monoisotopic (exact) mass is 368 g/mol. The lowest BCUT2D eigenvalue weighted by Crippen LogP contribution is -2.24. The second-order valence-electron chi connectivity index (χ2n) is 5.81. The van der Waals surface area contributed by atoms with Gasteiger partial charge in [0.05, 0.1) is 23.3 Å². The van der Waals surface area contributed by atoms with Crippen molar-refractivity contribution in [3.63, 3.8) is 0 Å². The third-order valence-corrected chi connectivity index (χ3v) is 5.26. The van der Waals surface area contributed by atoms with E-state index in [2.05, 4.69) is 4.98 Å². The Morgan fingerprint density at radius 1 is 1.19 bits per heavy atom. The Hall–Kier alpha value is -2.60. The molecule has 0 amide bonds. The van der Waals surface area contributed by atoms with Gasteiger partial charge in [-0.15, -0.1) is 0 Å². The summed E-state index contributed by atoms with van der Waals surface area (Å²) in [6, 6.07) is 14.3. The molecule has 6 heteroatoms. The van der Waals surface area contributed by atoms with Crippen LogP contribution in [0, 0.1) is 0 Å². The first-order valence-corrected chi connectivity index (χ1v) is 9.27. The number of ether oxygens (including phenoxy) is 1. The quantitative estimate of drug-likeness (QED) is 0.376. The van der Waals surface area contributed by atoms with E-state index < -0.39 is 0 Å². The zero-order valence-corrected chi connectivity index (χ0v) is 15.7. The smallest absolute Gasteiger partial charge is 0.262 e. The van der Waals surface area contributed by atoms with Gasteiger partial charge in [0.15, 0.2) is 10.9 Å². The van der Waals surface area contributed by atoms with Crippen LogP contribution in [0.2, 0.25) is 0 Å². The summed E-state index contributed by atoms with van der Waals surface area (Å²) in [6.45, 7) is 4.24. The van der Waals surface area contributed by atoms with Crippen LogP contribution in [0.1, 0.15) is 24.2 Å². The van der Waals surface area contributed by atoms with E-state index in [-0.39, 0.29) is 16.6 Å². The standard InChI is InChI=1S/C20H20N2O3S/c1-4-22-19(24)16-7-5-6-8-17(16)21-20(22)26-13(2)18(23)14-9-11-15(25-3)12-10-14/h5-13H,4H2,1-3H3/t13-/m1/s1. The van der Waals surface area contributed by atoms with E-state index in [0.717, 1.165) is 0 Å². The van der Waals surface area contributed by atoms with Crippen LogP contribution < -0.4 is 10.3 Å². The number of methoxy groups -OCH3 is 1. The number of carbonyl (C=O) groups excluding carboxylic acids is 1. The van der Waals surface area contributed by atoms with Gasteiger partial charge >= 0.3 is 0 Å². The van der Waals surface area contributed by atoms with E-state index in [1.54, 1.807) is 42.0 Å². The number of Topliss-reactive ketones (excluding diaryl/α,β-unsaturated/α-hetero) is 1. The van der Waals surface area contributed by atoms with Crippen molar-refractivity contribution in [2.45, 2.75) is 30.8 Å². The van der Waals surface area contributed by atoms with E-state index in [4.69, 9.17) is 4.74 Å². The predicted octanol–water partition coefficient (Wildman–Crippen LogP) is 3.79. The molecule has 2 aromatic carbocycles. The van der Waals surface area contributed by atoms with Gasteiger partial charge in [-0.25, -0.2) is 4.98 Å². The number of aromatic nitrogens is 2. The number of hydrogen-bond acceptors (Lipinski definition) is 5. The molecule has 0 aliphatic carbocycles. The number of thioether (sulfide) groups is 1. The first kappa shape index (κ1) is 18.2. The largest absolute Gasteiger partial charge is 0.497 e. The van der Waals surface area contributed by atoms with Gasteiger partial charge in [0.1, 0.15) is 5.75 Å². The number of nitrogens with zero attached hydrogens (tertiary/aromatic N) is 2. The molecule has 3 aromatic rings. The predicted molar refractivity (Wildman–Crippen MR) is 104 cm³/mol. The molecule has 5 nitrogen and oxygen atoms in total. The van der Waals surface area contributed by atoms with Crippen molar-refractivity contribution in [3.05, 3.63) is 64.4 Å². The molecule has 0 spiro atoms. The fourth-order valence-corrected chi connectivity index (χ4v) is 3.77. The fraction of sp³-hybridized carbons (Fsp3) is 0.250. The van der Waals surface area contributed by atoms with E-state index in [9.17, 15) is 9.59 Å². The number of hydrogen-bond donors (Lipinski definition) is 0. The van der Waals surface area contributed by atoms with Crippen molar-refractivity contribution in [1.82, 2.24) is 9.55 Å². The third-order valence-electron chi connectivity index (χ3n) is 4.17. The van der Waals surface area contributed by atoms with Gasteiger partial charge in [0.25, 0.3) is 5.56 Å². The first-order valence-electron chi connectivity index (χ1n) is 8.39. The Kier molecular flexibility index (Phi) is 5.42. The Balaban J connectivity index is 1.91. The van der Waals surface area contributed by atoms with E-state index in [1.165, 1.54) is 11.8 Å². The first-order chi connectivity index (χ1) is 12.5. The van der Waals surface area contributed by atoms with Crippen LogP contribution in [0.3, 0.4) is 0 Å². The summed E-state index contributed by atoms with van der Waals surface area (Å²) in [4.78, 5) is 30.0. The topological polar surface area (TPSA) is 61.2 Å². The van der Waals surface area contributed by atoms with Crippen LogP contribution in [0.5, 0.6) is 5.75 Å². The lowest BCUT2D eigenvalue weighted by molar-refractivity contribution is 0.0994. The van der Waals surface area contributed by atoms with Crippen molar-refractivity contribution >= 4 is 28.4 Å². The summed E-state index contributed by atoms with van der Waals surface area (Å²) in [5, 5.41) is 0.785. The second-order valence-corrected chi connectivity index (χ2v) is 7.12. The van der Waals surface area contributed by atoms with Crippen molar-refractivity contribution < 1.29 is 9.53 Å². The van der Waals surface area contributed by atoms with Crippen LogP contribution in [-0.4, -0.2) is 27.7 Å². The average Bonchev–Trinajstić information content (AvgIpc) is 2.68. The molecule has 3 rings (SSSR count). The Morgan fingerprint density at radius 2 is 1.88 bits per heavy atom. The molecular weight excluding hydrogens is 348 g/mol. The minimum atomic E-state index is -0.366.